The van der Waals surface area contributed by atoms with Gasteiger partial charge in [-0.05, 0) is 0 Å². The van der Waals surface area contributed by atoms with E-state index in [1.807, 2.05) is 6.07 Å². The van der Waals surface area contributed by atoms with E-state index in [1.165, 1.54) is 6.08 Å². The first-order valence-electron chi connectivity index (χ1n) is 2.66. The summed E-state index contributed by atoms with van der Waals surface area (Å²) in [6.07, 6.45) is 6.68. The number of nitrogens with zero attached hydrogens (tertiary/aromatic N) is 1. The fraction of sp³-hybridized carbons (Fsp3) is 0.286. The minimum absolute atomic E-state index is 0.386. The topological polar surface area (TPSA) is 23.8 Å². The van der Waals surface area contributed by atoms with Crippen LogP contribution in [0.4, 0.5) is 4.39 Å². The second-order valence-corrected chi connectivity index (χ2v) is 1.37. The quantitative estimate of drug-likeness (QED) is 0.529. The van der Waals surface area contributed by atoms with Crippen molar-refractivity contribution in [3.8, 4) is 6.07 Å². The lowest BCUT2D eigenvalue weighted by atomic mass is 10.4. The zero-order chi connectivity index (χ0) is 6.95. The van der Waals surface area contributed by atoms with Crippen molar-refractivity contribution >= 4 is 0 Å². The van der Waals surface area contributed by atoms with E-state index >= 15 is 0 Å². The van der Waals surface area contributed by atoms with Gasteiger partial charge in [-0.1, -0.05) is 24.3 Å². The highest BCUT2D eigenvalue weighted by atomic mass is 19.1. The summed E-state index contributed by atoms with van der Waals surface area (Å²) in [6, 6.07) is 1.93. The Morgan fingerprint density at radius 1 is 1.33 bits per heavy atom. The number of rotatable bonds is 3. The van der Waals surface area contributed by atoms with Crippen LogP contribution in [-0.2, 0) is 0 Å². The molecule has 0 aromatic heterocycles. The smallest absolute Gasteiger partial charge is 0.108 e. The number of nitriles is 1. The molecule has 48 valence electrons. The average molecular weight is 125 g/mol. The lowest BCUT2D eigenvalue weighted by Crippen LogP contribution is -1.59. The number of allylic oxidation sites excluding steroid dienone is 4. The predicted molar refractivity (Wildman–Crippen MR) is 34.5 cm³/mol. The van der Waals surface area contributed by atoms with E-state index in [-0.39, 0.29) is 0 Å². The predicted octanol–water partition coefficient (Wildman–Crippen LogP) is 1.98. The molecule has 0 atom stereocenters. The molecule has 0 rings (SSSR count). The first-order chi connectivity index (χ1) is 4.41. The molecular weight excluding hydrogens is 117 g/mol. The van der Waals surface area contributed by atoms with Crippen LogP contribution in [-0.4, -0.2) is 6.67 Å². The van der Waals surface area contributed by atoms with E-state index in [4.69, 9.17) is 5.26 Å². The summed E-state index contributed by atoms with van der Waals surface area (Å²) in [4.78, 5) is 0. The second kappa shape index (κ2) is 6.90. The number of halogens is 1. The summed E-state index contributed by atoms with van der Waals surface area (Å²) in [5, 5.41) is 8.02. The van der Waals surface area contributed by atoms with Gasteiger partial charge in [-0.15, -0.1) is 0 Å². The van der Waals surface area contributed by atoms with Crippen LogP contribution < -0.4 is 0 Å². The summed E-state index contributed by atoms with van der Waals surface area (Å²) in [6.45, 7) is -0.448. The molecule has 0 unspecified atom stereocenters. The first kappa shape index (κ1) is 7.90. The van der Waals surface area contributed by atoms with Crippen LogP contribution in [0.5, 0.6) is 0 Å². The molecule has 0 radical (unpaired) electrons. The Hall–Kier alpha value is -1.10. The maximum atomic E-state index is 11.3. The summed E-state index contributed by atoms with van der Waals surface area (Å²) in [5.41, 5.74) is 0. The van der Waals surface area contributed by atoms with Crippen molar-refractivity contribution in [2.24, 2.45) is 0 Å². The highest BCUT2D eigenvalue weighted by molar-refractivity contribution is 5.04. The van der Waals surface area contributed by atoms with Gasteiger partial charge < -0.3 is 0 Å². The van der Waals surface area contributed by atoms with Gasteiger partial charge >= 0.3 is 0 Å². The van der Waals surface area contributed by atoms with Crippen LogP contribution in [0.2, 0.25) is 0 Å². The van der Waals surface area contributed by atoms with E-state index in [0.717, 1.165) is 0 Å². The van der Waals surface area contributed by atoms with Gasteiger partial charge in [0.25, 0.3) is 0 Å². The Labute approximate surface area is 54.1 Å². The SMILES string of the molecule is N#CCC=CC=CCF. The molecule has 0 saturated carbocycles. The Bertz CT molecular complexity index is 141. The van der Waals surface area contributed by atoms with E-state index in [2.05, 4.69) is 0 Å². The normalized spacial score (nSPS) is 10.7. The van der Waals surface area contributed by atoms with Crippen LogP contribution in [0.25, 0.3) is 0 Å². The molecule has 0 aliphatic carbocycles. The Kier molecular flexibility index (Phi) is 6.06. The minimum atomic E-state index is -0.448. The van der Waals surface area contributed by atoms with Crippen molar-refractivity contribution in [3.63, 3.8) is 0 Å². The molecule has 0 saturated heterocycles. The summed E-state index contributed by atoms with van der Waals surface area (Å²) in [5.74, 6) is 0. The van der Waals surface area contributed by atoms with Gasteiger partial charge in [-0.3, -0.25) is 0 Å². The third-order valence-corrected chi connectivity index (χ3v) is 0.682. The molecule has 2 heteroatoms. The molecule has 0 N–H and O–H groups in total. The van der Waals surface area contributed by atoms with E-state index in [0.29, 0.717) is 6.42 Å². The Morgan fingerprint density at radius 2 is 2.00 bits per heavy atom. The van der Waals surface area contributed by atoms with Gasteiger partial charge in [0, 0.05) is 0 Å². The van der Waals surface area contributed by atoms with Gasteiger partial charge in [0.2, 0.25) is 0 Å². The lowest BCUT2D eigenvalue weighted by molar-refractivity contribution is 0.562. The minimum Gasteiger partial charge on any atom is -0.247 e. The zero-order valence-electron chi connectivity index (χ0n) is 5.05. The molecule has 1 nitrogen and oxygen atoms in total. The van der Waals surface area contributed by atoms with Crippen LogP contribution in [0.15, 0.2) is 24.3 Å². The van der Waals surface area contributed by atoms with Gasteiger partial charge in [0.05, 0.1) is 12.5 Å². The maximum Gasteiger partial charge on any atom is 0.108 e. The van der Waals surface area contributed by atoms with Crippen molar-refractivity contribution in [2.45, 2.75) is 6.42 Å². The van der Waals surface area contributed by atoms with Gasteiger partial charge in [0.15, 0.2) is 0 Å². The standard InChI is InChI=1S/C7H8FN/c8-6-4-2-1-3-5-7-9/h1-4H,5-6H2. The average Bonchev–Trinajstić information content (AvgIpc) is 1.89. The zero-order valence-corrected chi connectivity index (χ0v) is 5.05. The van der Waals surface area contributed by atoms with Crippen molar-refractivity contribution in [3.05, 3.63) is 24.3 Å². The first-order valence-corrected chi connectivity index (χ1v) is 2.66. The second-order valence-electron chi connectivity index (χ2n) is 1.37. The van der Waals surface area contributed by atoms with Crippen LogP contribution >= 0.6 is 0 Å². The fourth-order valence-electron chi connectivity index (χ4n) is 0.329. The molecule has 0 aliphatic heterocycles. The third-order valence-electron chi connectivity index (χ3n) is 0.682. The van der Waals surface area contributed by atoms with E-state index in [1.54, 1.807) is 18.2 Å². The number of alkyl halides is 1. The fourth-order valence-corrected chi connectivity index (χ4v) is 0.329. The Morgan fingerprint density at radius 3 is 2.56 bits per heavy atom. The molecule has 0 spiro atoms. The highest BCUT2D eigenvalue weighted by Gasteiger charge is 1.67. The molecule has 0 aliphatic rings. The number of hydrogen-bond acceptors (Lipinski definition) is 1. The molecule has 0 bridgehead atoms. The van der Waals surface area contributed by atoms with Crippen molar-refractivity contribution in [1.82, 2.24) is 0 Å². The van der Waals surface area contributed by atoms with Crippen molar-refractivity contribution < 1.29 is 4.39 Å². The van der Waals surface area contributed by atoms with E-state index in [9.17, 15) is 4.39 Å². The molecule has 0 heterocycles. The largest absolute Gasteiger partial charge is 0.247 e. The molecule has 0 aromatic carbocycles. The van der Waals surface area contributed by atoms with Gasteiger partial charge in [-0.2, -0.15) is 5.26 Å². The lowest BCUT2D eigenvalue weighted by Gasteiger charge is -1.71. The molecule has 9 heavy (non-hydrogen) atoms. The monoisotopic (exact) mass is 125 g/mol. The molecule has 0 fully saturated rings. The highest BCUT2D eigenvalue weighted by Crippen LogP contribution is 1.81. The van der Waals surface area contributed by atoms with Crippen LogP contribution in [0.1, 0.15) is 6.42 Å². The van der Waals surface area contributed by atoms with Crippen LogP contribution in [0, 0.1) is 11.3 Å². The molecule has 0 aromatic rings. The summed E-state index contributed by atoms with van der Waals surface area (Å²) in [7, 11) is 0. The van der Waals surface area contributed by atoms with Crippen LogP contribution in [0.3, 0.4) is 0 Å². The molecular formula is C7H8FN. The Balaban J connectivity index is 3.26. The number of hydrogen-bond donors (Lipinski definition) is 0. The summed E-state index contributed by atoms with van der Waals surface area (Å²) >= 11 is 0. The molecule has 0 amide bonds. The summed E-state index contributed by atoms with van der Waals surface area (Å²) < 4.78 is 11.3. The van der Waals surface area contributed by atoms with E-state index < -0.39 is 6.67 Å². The van der Waals surface area contributed by atoms with Gasteiger partial charge in [-0.25, -0.2) is 4.39 Å². The van der Waals surface area contributed by atoms with Crippen molar-refractivity contribution in [2.75, 3.05) is 6.67 Å². The van der Waals surface area contributed by atoms with Gasteiger partial charge in [0.1, 0.15) is 6.67 Å². The van der Waals surface area contributed by atoms with Crippen molar-refractivity contribution in [1.29, 1.82) is 5.26 Å². The maximum absolute atomic E-state index is 11.3. The third kappa shape index (κ3) is 6.90.